The third-order valence-electron chi connectivity index (χ3n) is 8.77. The van der Waals surface area contributed by atoms with Gasteiger partial charge in [0.05, 0.1) is 5.97 Å². The van der Waals surface area contributed by atoms with Crippen LogP contribution in [0.5, 0.6) is 34.5 Å². The van der Waals surface area contributed by atoms with Crippen LogP contribution in [-0.4, -0.2) is 5.97 Å². The first-order valence-corrected chi connectivity index (χ1v) is 20.4. The van der Waals surface area contributed by atoms with Crippen molar-refractivity contribution < 1.29 is 54.2 Å². The normalized spacial score (nSPS) is 10.7. The predicted molar refractivity (Wildman–Crippen MR) is 218 cm³/mol. The van der Waals surface area contributed by atoms with Crippen molar-refractivity contribution in [3.05, 3.63) is 222 Å². The number of fused-ring (bicyclic) bond motifs is 2. The van der Waals surface area contributed by atoms with Crippen LogP contribution in [-0.2, 0) is 0 Å². The first-order valence-electron chi connectivity index (χ1n) is 18.3. The van der Waals surface area contributed by atoms with Crippen LogP contribution in [0.4, 0.5) is 0 Å². The molecule has 9 rings (SSSR count). The van der Waals surface area contributed by atoms with E-state index in [-0.39, 0.29) is 34.1 Å². The Morgan fingerprint density at radius 1 is 0.475 bits per heavy atom. The minimum atomic E-state index is -1.36. The molecule has 288 valence electrons. The molecule has 0 spiro atoms. The molecule has 0 aliphatic heterocycles. The number of carbonyl (C=O) groups excluding carboxylic acids is 1. The summed E-state index contributed by atoms with van der Waals surface area (Å²) >= 11 is -0.465. The smallest absolute Gasteiger partial charge is 0.358 e. The van der Waals surface area contributed by atoms with Crippen molar-refractivity contribution in [2.75, 3.05) is 0 Å². The van der Waals surface area contributed by atoms with E-state index in [1.165, 1.54) is 18.2 Å². The number of carbonyl (C=O) groups is 1. The van der Waals surface area contributed by atoms with Crippen LogP contribution in [0, 0.1) is 7.14 Å². The molecular formula is C49H31IO9. The number of para-hydroxylation sites is 3. The van der Waals surface area contributed by atoms with E-state index in [9.17, 15) is 19.5 Å². The van der Waals surface area contributed by atoms with Crippen LogP contribution in [0.1, 0.15) is 10.4 Å². The first kappa shape index (κ1) is 38.4. The number of aromatic carboxylic acids is 1. The molecule has 0 fully saturated rings. The molecule has 0 atom stereocenters. The number of benzene rings is 7. The fraction of sp³-hybridized carbons (Fsp3) is 0. The third kappa shape index (κ3) is 9.41. The lowest BCUT2D eigenvalue weighted by Gasteiger charge is -2.23. The standard InChI is InChI=1S/C31H22O5.C18H10IO4/c32-31(33)26-21-27(34-23-15-7-2-8-16-23)29(35-24-17-9-3-10-18-24)30(36-25-19-11-4-12-20-25)28(26)22-13-5-1-6-14-22;20-17-7-3-11-1-5-13(9-15(11)22-17)19-14-6-2-12-4-8-18(21)23-16(12)10-14/h1-21H,(H,32,33);1-10H/q;+1/p-1. The summed E-state index contributed by atoms with van der Waals surface area (Å²) in [6.07, 6.45) is 0. The van der Waals surface area contributed by atoms with Crippen LogP contribution in [0.2, 0.25) is 0 Å². The van der Waals surface area contributed by atoms with Gasteiger partial charge in [0.2, 0.25) is 5.75 Å². The van der Waals surface area contributed by atoms with E-state index in [1.807, 2.05) is 121 Å². The van der Waals surface area contributed by atoms with Crippen molar-refractivity contribution in [2.24, 2.45) is 0 Å². The molecule has 0 aliphatic carbocycles. The van der Waals surface area contributed by atoms with E-state index in [4.69, 9.17) is 23.0 Å². The Labute approximate surface area is 347 Å². The van der Waals surface area contributed by atoms with Crippen LogP contribution >= 0.6 is 0 Å². The fourth-order valence-corrected chi connectivity index (χ4v) is 8.40. The molecule has 59 heavy (non-hydrogen) atoms. The summed E-state index contributed by atoms with van der Waals surface area (Å²) in [6, 6.07) is 56.0. The molecule has 9 aromatic rings. The van der Waals surface area contributed by atoms with Crippen LogP contribution in [0.25, 0.3) is 33.1 Å². The number of rotatable bonds is 10. The molecular weight excluding hydrogens is 859 g/mol. The van der Waals surface area contributed by atoms with Gasteiger partial charge in [0.1, 0.15) is 28.4 Å². The molecule has 2 heterocycles. The molecule has 0 saturated carbocycles. The first-order chi connectivity index (χ1) is 28.9. The van der Waals surface area contributed by atoms with Gasteiger partial charge in [-0.25, -0.2) is 9.59 Å². The van der Waals surface area contributed by atoms with Gasteiger partial charge in [-0.05, 0) is 84.4 Å². The van der Waals surface area contributed by atoms with Gasteiger partial charge in [-0.1, -0.05) is 84.9 Å². The number of ether oxygens (including phenoxy) is 3. The van der Waals surface area contributed by atoms with Crippen LogP contribution in [0.3, 0.4) is 0 Å². The highest BCUT2D eigenvalue weighted by molar-refractivity contribution is 5.99. The Balaban J connectivity index is 0.000000180. The molecule has 0 bridgehead atoms. The average Bonchev–Trinajstić information content (AvgIpc) is 3.26. The second-order valence-corrected chi connectivity index (χ2v) is 15.9. The number of carboxylic acids is 1. The zero-order valence-corrected chi connectivity index (χ0v) is 33.1. The van der Waals surface area contributed by atoms with Crippen molar-refractivity contribution in [3.63, 3.8) is 0 Å². The zero-order chi connectivity index (χ0) is 40.6. The van der Waals surface area contributed by atoms with E-state index in [2.05, 4.69) is 0 Å². The molecule has 0 amide bonds. The van der Waals surface area contributed by atoms with Crippen molar-refractivity contribution in [3.8, 4) is 45.6 Å². The highest BCUT2D eigenvalue weighted by atomic mass is 127. The Kier molecular flexibility index (Phi) is 11.6. The molecule has 0 saturated heterocycles. The van der Waals surface area contributed by atoms with E-state index in [0.29, 0.717) is 39.5 Å². The van der Waals surface area contributed by atoms with Gasteiger partial charge in [0.25, 0.3) is 0 Å². The maximum Gasteiger partial charge on any atom is 0.358 e. The summed E-state index contributed by atoms with van der Waals surface area (Å²) in [4.78, 5) is 35.1. The monoisotopic (exact) mass is 890 g/mol. The summed E-state index contributed by atoms with van der Waals surface area (Å²) < 4.78 is 31.5. The lowest BCUT2D eigenvalue weighted by molar-refractivity contribution is -0.597. The summed E-state index contributed by atoms with van der Waals surface area (Å²) in [5.74, 6) is 0.799. The summed E-state index contributed by atoms with van der Waals surface area (Å²) in [7, 11) is 0. The van der Waals surface area contributed by atoms with Gasteiger partial charge in [0, 0.05) is 46.2 Å². The van der Waals surface area contributed by atoms with Gasteiger partial charge in [-0.2, -0.15) is 0 Å². The van der Waals surface area contributed by atoms with Crippen molar-refractivity contribution in [2.45, 2.75) is 0 Å². The van der Waals surface area contributed by atoms with Crippen LogP contribution in [0.15, 0.2) is 206 Å². The number of hydrogen-bond donors (Lipinski definition) is 0. The second-order valence-electron chi connectivity index (χ2n) is 12.8. The second kappa shape index (κ2) is 17.8. The largest absolute Gasteiger partial charge is 0.545 e. The lowest BCUT2D eigenvalue weighted by Crippen LogP contribution is -3.61. The average molecular weight is 891 g/mol. The van der Waals surface area contributed by atoms with Gasteiger partial charge < -0.3 is 32.9 Å². The summed E-state index contributed by atoms with van der Waals surface area (Å²) in [5.41, 5.74) is 1.38. The Morgan fingerprint density at radius 3 is 1.37 bits per heavy atom. The number of carboxylic acid groups (broad SMARTS) is 1. The topological polar surface area (TPSA) is 128 Å². The fourth-order valence-electron chi connectivity index (χ4n) is 6.08. The maximum atomic E-state index is 12.4. The number of hydrogen-bond acceptors (Lipinski definition) is 9. The quantitative estimate of drug-likeness (QED) is 0.104. The molecule has 0 N–H and O–H groups in total. The maximum absolute atomic E-state index is 12.4. The van der Waals surface area contributed by atoms with Gasteiger partial charge in [-0.15, -0.1) is 0 Å². The van der Waals surface area contributed by atoms with Crippen molar-refractivity contribution in [1.29, 1.82) is 0 Å². The van der Waals surface area contributed by atoms with E-state index >= 15 is 0 Å². The molecule has 2 aromatic heterocycles. The van der Waals surface area contributed by atoms with E-state index in [0.717, 1.165) is 17.9 Å². The summed E-state index contributed by atoms with van der Waals surface area (Å²) in [5, 5.41) is 14.2. The lowest BCUT2D eigenvalue weighted by atomic mass is 9.97. The molecule has 9 nitrogen and oxygen atoms in total. The van der Waals surface area contributed by atoms with Gasteiger partial charge in [-0.3, -0.25) is 0 Å². The van der Waals surface area contributed by atoms with Crippen LogP contribution < -0.4 is 51.8 Å². The van der Waals surface area contributed by atoms with Crippen molar-refractivity contribution >= 4 is 27.9 Å². The SMILES string of the molecule is O=C([O-])c1cc(Oc2ccccc2)c(Oc2ccccc2)c(Oc2ccccc2)c1-c1ccccc1.O=c1ccc2ccc([I+]c3ccc4ccc(=O)oc4c3)cc2o1. The van der Waals surface area contributed by atoms with Crippen molar-refractivity contribution in [1.82, 2.24) is 0 Å². The number of halogens is 1. The van der Waals surface area contributed by atoms with E-state index in [1.54, 1.807) is 48.5 Å². The molecule has 7 aromatic carbocycles. The Morgan fingerprint density at radius 2 is 0.898 bits per heavy atom. The minimum absolute atomic E-state index is 0.0847. The van der Waals surface area contributed by atoms with Gasteiger partial charge >= 0.3 is 32.5 Å². The third-order valence-corrected chi connectivity index (χ3v) is 11.4. The minimum Gasteiger partial charge on any atom is -0.545 e. The summed E-state index contributed by atoms with van der Waals surface area (Å²) in [6.45, 7) is 0. The van der Waals surface area contributed by atoms with E-state index < -0.39 is 27.2 Å². The predicted octanol–water partition coefficient (Wildman–Crippen LogP) is 7.12. The zero-order valence-electron chi connectivity index (χ0n) is 31.0. The highest BCUT2D eigenvalue weighted by Crippen LogP contribution is 2.51. The molecule has 10 heteroatoms. The molecule has 0 aliphatic rings. The molecule has 0 radical (unpaired) electrons. The Bertz CT molecular complexity index is 2910. The van der Waals surface area contributed by atoms with Gasteiger partial charge in [0.15, 0.2) is 18.6 Å². The molecule has 0 unspecified atom stereocenters. The Hall–Kier alpha value is -7.44. The highest BCUT2D eigenvalue weighted by Gasteiger charge is 2.26.